The third-order valence-corrected chi connectivity index (χ3v) is 3.27. The number of nitrogens with zero attached hydrogens (tertiary/aromatic N) is 1. The standard InChI is InChI=1S/C12H21NO3/c1-3-11(12(15)16)13-7-5-4-6-10(13)8-9(2)14/h10-11H,3-8H2,1-2H3,(H,15,16). The number of Topliss-reactive ketones (excluding diaryl/α,β-unsaturated/α-hetero) is 1. The van der Waals surface area contributed by atoms with Crippen LogP contribution in [0.4, 0.5) is 0 Å². The summed E-state index contributed by atoms with van der Waals surface area (Å²) in [5.41, 5.74) is 0. The van der Waals surface area contributed by atoms with E-state index in [1.54, 1.807) is 6.92 Å². The molecule has 0 spiro atoms. The van der Waals surface area contributed by atoms with Crippen LogP contribution in [0.3, 0.4) is 0 Å². The molecular formula is C12H21NO3. The molecule has 2 atom stereocenters. The third-order valence-electron chi connectivity index (χ3n) is 3.27. The van der Waals surface area contributed by atoms with Crippen molar-refractivity contribution in [2.24, 2.45) is 0 Å². The predicted octanol–water partition coefficient (Wildman–Crippen LogP) is 1.68. The van der Waals surface area contributed by atoms with E-state index in [9.17, 15) is 9.59 Å². The highest BCUT2D eigenvalue weighted by molar-refractivity contribution is 5.76. The van der Waals surface area contributed by atoms with E-state index < -0.39 is 12.0 Å². The molecule has 4 heteroatoms. The van der Waals surface area contributed by atoms with Crippen molar-refractivity contribution in [2.75, 3.05) is 6.54 Å². The van der Waals surface area contributed by atoms with Crippen molar-refractivity contribution in [3.63, 3.8) is 0 Å². The molecule has 1 N–H and O–H groups in total. The molecule has 16 heavy (non-hydrogen) atoms. The Morgan fingerprint density at radius 1 is 1.44 bits per heavy atom. The lowest BCUT2D eigenvalue weighted by atomic mass is 9.95. The summed E-state index contributed by atoms with van der Waals surface area (Å²) in [4.78, 5) is 24.3. The van der Waals surface area contributed by atoms with Gasteiger partial charge in [0.1, 0.15) is 11.8 Å². The van der Waals surface area contributed by atoms with Gasteiger partial charge in [-0.1, -0.05) is 13.3 Å². The van der Waals surface area contributed by atoms with Gasteiger partial charge in [0.25, 0.3) is 0 Å². The number of carbonyl (C=O) groups is 2. The van der Waals surface area contributed by atoms with Crippen molar-refractivity contribution >= 4 is 11.8 Å². The highest BCUT2D eigenvalue weighted by Gasteiger charge is 2.32. The minimum atomic E-state index is -0.766. The van der Waals surface area contributed by atoms with Gasteiger partial charge in [-0.2, -0.15) is 0 Å². The summed E-state index contributed by atoms with van der Waals surface area (Å²) in [6.45, 7) is 4.27. The molecule has 1 rings (SSSR count). The van der Waals surface area contributed by atoms with Crippen LogP contribution in [0.25, 0.3) is 0 Å². The molecule has 0 radical (unpaired) electrons. The third kappa shape index (κ3) is 3.30. The maximum Gasteiger partial charge on any atom is 0.320 e. The monoisotopic (exact) mass is 227 g/mol. The number of rotatable bonds is 5. The fourth-order valence-corrected chi connectivity index (χ4v) is 2.54. The quantitative estimate of drug-likeness (QED) is 0.776. The number of aliphatic carboxylic acids is 1. The van der Waals surface area contributed by atoms with E-state index in [1.165, 1.54) is 0 Å². The van der Waals surface area contributed by atoms with Gasteiger partial charge in [0.2, 0.25) is 0 Å². The zero-order valence-corrected chi connectivity index (χ0v) is 10.1. The molecule has 1 aliphatic rings. The molecule has 0 bridgehead atoms. The van der Waals surface area contributed by atoms with Gasteiger partial charge in [0.15, 0.2) is 0 Å². The Labute approximate surface area is 96.6 Å². The zero-order valence-electron chi connectivity index (χ0n) is 10.1. The van der Waals surface area contributed by atoms with Crippen molar-refractivity contribution in [3.8, 4) is 0 Å². The molecule has 1 fully saturated rings. The van der Waals surface area contributed by atoms with Gasteiger partial charge in [-0.3, -0.25) is 14.5 Å². The van der Waals surface area contributed by atoms with Gasteiger partial charge in [-0.25, -0.2) is 0 Å². The SMILES string of the molecule is CCC(C(=O)O)N1CCCCC1CC(C)=O. The number of piperidine rings is 1. The summed E-state index contributed by atoms with van der Waals surface area (Å²) in [7, 11) is 0. The number of hydrogen-bond acceptors (Lipinski definition) is 3. The van der Waals surface area contributed by atoms with Crippen LogP contribution in [-0.2, 0) is 9.59 Å². The lowest BCUT2D eigenvalue weighted by Gasteiger charge is -2.38. The molecule has 0 amide bonds. The fraction of sp³-hybridized carbons (Fsp3) is 0.833. The Kier molecular flexibility index (Phi) is 4.93. The van der Waals surface area contributed by atoms with Crippen LogP contribution in [0.15, 0.2) is 0 Å². The van der Waals surface area contributed by atoms with E-state index in [4.69, 9.17) is 5.11 Å². The lowest BCUT2D eigenvalue weighted by Crippen LogP contribution is -2.50. The summed E-state index contributed by atoms with van der Waals surface area (Å²) in [5.74, 6) is -0.616. The van der Waals surface area contributed by atoms with Crippen LogP contribution in [-0.4, -0.2) is 40.4 Å². The highest BCUT2D eigenvalue weighted by atomic mass is 16.4. The molecule has 2 unspecified atom stereocenters. The minimum Gasteiger partial charge on any atom is -0.480 e. The van der Waals surface area contributed by atoms with Crippen LogP contribution in [0.1, 0.15) is 46.0 Å². The molecule has 1 aliphatic heterocycles. The summed E-state index contributed by atoms with van der Waals surface area (Å²) >= 11 is 0. The number of carbonyl (C=O) groups excluding carboxylic acids is 1. The topological polar surface area (TPSA) is 57.6 Å². The van der Waals surface area contributed by atoms with Crippen molar-refractivity contribution in [3.05, 3.63) is 0 Å². The Hall–Kier alpha value is -0.900. The van der Waals surface area contributed by atoms with Crippen LogP contribution < -0.4 is 0 Å². The Balaban J connectivity index is 2.71. The smallest absolute Gasteiger partial charge is 0.320 e. The Morgan fingerprint density at radius 2 is 2.12 bits per heavy atom. The van der Waals surface area contributed by atoms with Crippen molar-refractivity contribution in [1.29, 1.82) is 0 Å². The normalized spacial score (nSPS) is 24.0. The van der Waals surface area contributed by atoms with E-state index in [2.05, 4.69) is 0 Å². The van der Waals surface area contributed by atoms with Gasteiger partial charge >= 0.3 is 5.97 Å². The largest absolute Gasteiger partial charge is 0.480 e. The van der Waals surface area contributed by atoms with Crippen molar-refractivity contribution in [2.45, 2.75) is 58.0 Å². The first-order valence-corrected chi connectivity index (χ1v) is 6.04. The summed E-state index contributed by atoms with van der Waals surface area (Å²) in [5, 5.41) is 9.15. The second-order valence-electron chi connectivity index (χ2n) is 4.56. The first-order valence-electron chi connectivity index (χ1n) is 6.04. The van der Waals surface area contributed by atoms with Crippen LogP contribution in [0.5, 0.6) is 0 Å². The summed E-state index contributed by atoms with van der Waals surface area (Å²) in [6.07, 6.45) is 4.18. The molecule has 0 saturated carbocycles. The van der Waals surface area contributed by atoms with Gasteiger partial charge in [0.05, 0.1) is 0 Å². The van der Waals surface area contributed by atoms with E-state index in [0.29, 0.717) is 12.8 Å². The second kappa shape index (κ2) is 5.99. The first kappa shape index (κ1) is 13.2. The lowest BCUT2D eigenvalue weighted by molar-refractivity contribution is -0.145. The predicted molar refractivity (Wildman–Crippen MR) is 61.4 cm³/mol. The number of likely N-dealkylation sites (tertiary alicyclic amines) is 1. The number of hydrogen-bond donors (Lipinski definition) is 1. The van der Waals surface area contributed by atoms with E-state index in [-0.39, 0.29) is 11.8 Å². The Morgan fingerprint density at radius 3 is 2.62 bits per heavy atom. The maximum absolute atomic E-state index is 11.2. The molecule has 1 heterocycles. The minimum absolute atomic E-state index is 0.132. The van der Waals surface area contributed by atoms with Gasteiger partial charge in [-0.05, 0) is 32.7 Å². The van der Waals surface area contributed by atoms with Gasteiger partial charge in [0, 0.05) is 12.5 Å². The van der Waals surface area contributed by atoms with Gasteiger partial charge < -0.3 is 5.11 Å². The van der Waals surface area contributed by atoms with E-state index in [1.807, 2.05) is 11.8 Å². The Bertz CT molecular complexity index is 265. The molecule has 92 valence electrons. The molecule has 1 saturated heterocycles. The number of ketones is 1. The number of carboxylic acid groups (broad SMARTS) is 1. The number of carboxylic acids is 1. The van der Waals surface area contributed by atoms with Crippen molar-refractivity contribution < 1.29 is 14.7 Å². The molecule has 0 aromatic rings. The van der Waals surface area contributed by atoms with Crippen molar-refractivity contribution in [1.82, 2.24) is 4.90 Å². The van der Waals surface area contributed by atoms with E-state index in [0.717, 1.165) is 25.8 Å². The second-order valence-corrected chi connectivity index (χ2v) is 4.56. The van der Waals surface area contributed by atoms with E-state index >= 15 is 0 Å². The fourth-order valence-electron chi connectivity index (χ4n) is 2.54. The van der Waals surface area contributed by atoms with Crippen LogP contribution in [0, 0.1) is 0 Å². The molecule has 4 nitrogen and oxygen atoms in total. The van der Waals surface area contributed by atoms with Crippen LogP contribution >= 0.6 is 0 Å². The molecule has 0 aromatic heterocycles. The summed E-state index contributed by atoms with van der Waals surface area (Å²) in [6, 6.07) is -0.294. The zero-order chi connectivity index (χ0) is 12.1. The maximum atomic E-state index is 11.2. The summed E-state index contributed by atoms with van der Waals surface area (Å²) < 4.78 is 0. The average Bonchev–Trinajstić information content (AvgIpc) is 2.20. The average molecular weight is 227 g/mol. The highest BCUT2D eigenvalue weighted by Crippen LogP contribution is 2.23. The first-order chi connectivity index (χ1) is 7.56. The molecule has 0 aliphatic carbocycles. The van der Waals surface area contributed by atoms with Crippen LogP contribution in [0.2, 0.25) is 0 Å². The molecule has 0 aromatic carbocycles. The van der Waals surface area contributed by atoms with Gasteiger partial charge in [-0.15, -0.1) is 0 Å². The molecular weight excluding hydrogens is 206 g/mol.